The first-order chi connectivity index (χ1) is 20.7. The molecule has 1 aliphatic heterocycles. The zero-order valence-corrected chi connectivity index (χ0v) is 27.2. The summed E-state index contributed by atoms with van der Waals surface area (Å²) < 4.78 is 55.6. The van der Waals surface area contributed by atoms with Gasteiger partial charge in [0, 0.05) is 60.6 Å². The number of likely N-dealkylation sites (N-methyl/N-ethyl adjacent to an activating group) is 1. The zero-order chi connectivity index (χ0) is 32.0. The van der Waals surface area contributed by atoms with Crippen molar-refractivity contribution in [1.82, 2.24) is 15.3 Å². The summed E-state index contributed by atoms with van der Waals surface area (Å²) in [6.45, 7) is 12.5. The minimum absolute atomic E-state index is 0.00831. The Hall–Kier alpha value is -3.35. The van der Waals surface area contributed by atoms with E-state index in [0.717, 1.165) is 5.56 Å². The van der Waals surface area contributed by atoms with Crippen LogP contribution in [0.5, 0.6) is 5.88 Å². The molecule has 1 aliphatic carbocycles. The second kappa shape index (κ2) is 12.2. The topological polar surface area (TPSA) is 123 Å². The monoisotopic (exact) mass is 627 g/mol. The molecule has 44 heavy (non-hydrogen) atoms. The molecule has 1 saturated carbocycles. The first kappa shape index (κ1) is 32.1. The molecule has 0 radical (unpaired) electrons. The molecule has 1 aromatic carbocycles. The van der Waals surface area contributed by atoms with Gasteiger partial charge >= 0.3 is 0 Å². The van der Waals surface area contributed by atoms with E-state index < -0.39 is 26.5 Å². The molecule has 3 heterocycles. The van der Waals surface area contributed by atoms with Crippen LogP contribution in [0.1, 0.15) is 59.9 Å². The lowest BCUT2D eigenvalue weighted by Crippen LogP contribution is -2.50. The molecule has 2 aliphatic rings. The third-order valence-corrected chi connectivity index (χ3v) is 10.1. The Bertz CT molecular complexity index is 1670. The van der Waals surface area contributed by atoms with Crippen molar-refractivity contribution < 1.29 is 27.1 Å². The third-order valence-electron chi connectivity index (χ3n) is 8.36. The van der Waals surface area contributed by atoms with E-state index in [4.69, 9.17) is 9.47 Å². The summed E-state index contributed by atoms with van der Waals surface area (Å²) in [5, 5.41) is 3.21. The molecule has 3 aromatic rings. The van der Waals surface area contributed by atoms with Crippen LogP contribution < -0.4 is 19.7 Å². The second-order valence-corrected chi connectivity index (χ2v) is 14.9. The van der Waals surface area contributed by atoms with E-state index >= 15 is 4.39 Å². The van der Waals surface area contributed by atoms with Crippen molar-refractivity contribution in [3.63, 3.8) is 0 Å². The molecule has 10 nitrogen and oxygen atoms in total. The first-order valence-electron chi connectivity index (χ1n) is 15.1. The van der Waals surface area contributed by atoms with E-state index in [1.165, 1.54) is 18.3 Å². The minimum atomic E-state index is -3.75. The normalized spacial score (nSPS) is 19.8. The fraction of sp³-hybridized carbons (Fsp3) is 0.531. The molecule has 12 heteroatoms. The number of sulfonamides is 1. The predicted octanol–water partition coefficient (Wildman–Crippen LogP) is 5.01. The van der Waals surface area contributed by atoms with Gasteiger partial charge in [-0.05, 0) is 58.6 Å². The summed E-state index contributed by atoms with van der Waals surface area (Å²) in [7, 11) is -2.00. The van der Waals surface area contributed by atoms with Crippen LogP contribution in [0.2, 0.25) is 0 Å². The largest absolute Gasteiger partial charge is 0.475 e. The van der Waals surface area contributed by atoms with Gasteiger partial charge in [-0.3, -0.25) is 14.5 Å². The predicted molar refractivity (Wildman–Crippen MR) is 170 cm³/mol. The number of hydrogen-bond acceptors (Lipinski definition) is 8. The second-order valence-electron chi connectivity index (χ2n) is 12.7. The highest BCUT2D eigenvalue weighted by Gasteiger charge is 2.58. The van der Waals surface area contributed by atoms with Gasteiger partial charge in [0.25, 0.3) is 0 Å². The number of aromatic nitrogens is 2. The van der Waals surface area contributed by atoms with Crippen molar-refractivity contribution in [2.24, 2.45) is 5.92 Å². The van der Waals surface area contributed by atoms with Crippen LogP contribution >= 0.6 is 0 Å². The molecule has 0 atom stereocenters. The number of nitrogens with one attached hydrogen (secondary N) is 2. The van der Waals surface area contributed by atoms with Crippen LogP contribution in [0.15, 0.2) is 30.6 Å². The molecule has 2 aromatic heterocycles. The van der Waals surface area contributed by atoms with Crippen molar-refractivity contribution in [1.29, 1.82) is 0 Å². The van der Waals surface area contributed by atoms with Crippen molar-refractivity contribution in [2.45, 2.75) is 77.2 Å². The number of nitrogens with zero attached hydrogens (tertiary/aromatic N) is 3. The lowest BCUT2D eigenvalue weighted by molar-refractivity contribution is -0.129. The standard InChI is InChI=1S/C32H42FN5O5S/c1-18(2)34-8-9-42-30-27(37-44(40,41)20(5)6)10-22(15-36-30)23-11-24-26(12-25(23)33)35-16-28-29(24)32(31(39)38(28)7)13-21(14-32)17-43-19(3)4/h10-12,15-16,18-21,34,37H,8-9,13-14,17H2,1-7H3/t21-,32+. The highest BCUT2D eigenvalue weighted by atomic mass is 32.2. The Morgan fingerprint density at radius 2 is 1.82 bits per heavy atom. The Morgan fingerprint density at radius 1 is 1.09 bits per heavy atom. The summed E-state index contributed by atoms with van der Waals surface area (Å²) in [5.41, 5.74) is 1.99. The number of rotatable bonds is 12. The summed E-state index contributed by atoms with van der Waals surface area (Å²) in [4.78, 5) is 24.2. The van der Waals surface area contributed by atoms with Gasteiger partial charge in [-0.2, -0.15) is 0 Å². The molecule has 1 spiro atoms. The molecule has 0 unspecified atom stereocenters. The van der Waals surface area contributed by atoms with E-state index in [1.54, 1.807) is 38.1 Å². The number of carbonyl (C=O) groups excluding carboxylic acids is 1. The molecule has 1 amide bonds. The third kappa shape index (κ3) is 5.99. The van der Waals surface area contributed by atoms with Gasteiger partial charge in [0.2, 0.25) is 21.8 Å². The number of hydrogen-bond donors (Lipinski definition) is 2. The van der Waals surface area contributed by atoms with Crippen LogP contribution in [-0.4, -0.2) is 68.5 Å². The SMILES string of the molecule is CC(C)NCCOc1ncc(-c2cc3c(cc2F)ncc2c3[C@]3(C[C@H](COC(C)C)C3)C(=O)N2C)cc1NS(=O)(=O)C(C)C. The number of carbonyl (C=O) groups is 1. The number of anilines is 2. The number of halogens is 1. The smallest absolute Gasteiger partial charge is 0.238 e. The van der Waals surface area contributed by atoms with Crippen LogP contribution in [0, 0.1) is 11.7 Å². The van der Waals surface area contributed by atoms with E-state index in [1.807, 2.05) is 27.7 Å². The number of fused-ring (bicyclic) bond motifs is 4. The fourth-order valence-corrected chi connectivity index (χ4v) is 6.71. The average Bonchev–Trinajstić information content (AvgIpc) is 3.15. The molecule has 238 valence electrons. The highest BCUT2D eigenvalue weighted by molar-refractivity contribution is 7.93. The Labute approximate surface area is 258 Å². The molecule has 5 rings (SSSR count). The molecular formula is C32H42FN5O5S. The van der Waals surface area contributed by atoms with Gasteiger partial charge in [-0.1, -0.05) is 13.8 Å². The Morgan fingerprint density at radius 3 is 2.48 bits per heavy atom. The summed E-state index contributed by atoms with van der Waals surface area (Å²) in [6, 6.07) is 4.86. The van der Waals surface area contributed by atoms with Gasteiger partial charge in [-0.25, -0.2) is 17.8 Å². The molecule has 2 N–H and O–H groups in total. The van der Waals surface area contributed by atoms with E-state index in [-0.39, 0.29) is 47.7 Å². The van der Waals surface area contributed by atoms with Crippen molar-refractivity contribution in [2.75, 3.05) is 36.4 Å². The lowest BCUT2D eigenvalue weighted by atomic mass is 9.58. The van der Waals surface area contributed by atoms with E-state index in [0.29, 0.717) is 48.1 Å². The number of amides is 1. The van der Waals surface area contributed by atoms with Crippen LogP contribution in [0.25, 0.3) is 22.0 Å². The van der Waals surface area contributed by atoms with Crippen LogP contribution in [0.4, 0.5) is 15.8 Å². The summed E-state index contributed by atoms with van der Waals surface area (Å²) in [6.07, 6.45) is 4.49. The van der Waals surface area contributed by atoms with Gasteiger partial charge in [0.1, 0.15) is 18.1 Å². The van der Waals surface area contributed by atoms with Gasteiger partial charge in [0.15, 0.2) is 0 Å². The Balaban J connectivity index is 1.56. The van der Waals surface area contributed by atoms with E-state index in [9.17, 15) is 13.2 Å². The molecular weight excluding hydrogens is 585 g/mol. The minimum Gasteiger partial charge on any atom is -0.475 e. The van der Waals surface area contributed by atoms with Crippen LogP contribution in [-0.2, 0) is 25.0 Å². The average molecular weight is 628 g/mol. The summed E-state index contributed by atoms with van der Waals surface area (Å²) >= 11 is 0. The van der Waals surface area contributed by atoms with E-state index in [2.05, 4.69) is 20.0 Å². The van der Waals surface area contributed by atoms with Gasteiger partial charge < -0.3 is 19.7 Å². The zero-order valence-electron chi connectivity index (χ0n) is 26.4. The summed E-state index contributed by atoms with van der Waals surface area (Å²) in [5.74, 6) is -0.188. The lowest BCUT2D eigenvalue weighted by Gasteiger charge is -2.44. The van der Waals surface area contributed by atoms with Crippen molar-refractivity contribution >= 4 is 38.2 Å². The van der Waals surface area contributed by atoms with Crippen LogP contribution in [0.3, 0.4) is 0 Å². The fourth-order valence-electron chi connectivity index (χ4n) is 6.02. The molecule has 1 fully saturated rings. The highest BCUT2D eigenvalue weighted by Crippen LogP contribution is 2.57. The van der Waals surface area contributed by atoms with Gasteiger partial charge in [0.05, 0.1) is 34.2 Å². The van der Waals surface area contributed by atoms with Crippen molar-refractivity contribution in [3.8, 4) is 17.0 Å². The number of benzene rings is 1. The molecule has 0 saturated heterocycles. The number of ether oxygens (including phenoxy) is 2. The Kier molecular flexibility index (Phi) is 8.90. The van der Waals surface area contributed by atoms with Crippen molar-refractivity contribution in [3.05, 3.63) is 42.0 Å². The van der Waals surface area contributed by atoms with Gasteiger partial charge in [-0.15, -0.1) is 0 Å². The first-order valence-corrected chi connectivity index (χ1v) is 16.7. The maximum Gasteiger partial charge on any atom is 0.238 e. The molecule has 0 bridgehead atoms. The maximum atomic E-state index is 15.7. The number of pyridine rings is 2. The maximum absolute atomic E-state index is 15.7. The quantitative estimate of drug-likeness (QED) is 0.269.